The zero-order valence-corrected chi connectivity index (χ0v) is 17.5. The normalized spacial score (nSPS) is 20.1. The lowest BCUT2D eigenvalue weighted by molar-refractivity contribution is 0.0899. The van der Waals surface area contributed by atoms with Crippen LogP contribution in [0, 0.1) is 5.92 Å². The van der Waals surface area contributed by atoms with Gasteiger partial charge in [-0.25, -0.2) is 0 Å². The largest absolute Gasteiger partial charge is 0.490 e. The predicted molar refractivity (Wildman–Crippen MR) is 118 cm³/mol. The lowest BCUT2D eigenvalue weighted by atomic mass is 9.93. The molecule has 4 rings (SSSR count). The highest BCUT2D eigenvalue weighted by atomic mass is 16.5. The molecule has 1 atom stereocenters. The summed E-state index contributed by atoms with van der Waals surface area (Å²) < 4.78 is 6.18. The van der Waals surface area contributed by atoms with Gasteiger partial charge in [0.2, 0.25) is 0 Å². The minimum Gasteiger partial charge on any atom is -0.490 e. The van der Waals surface area contributed by atoms with Crippen LogP contribution in [0.1, 0.15) is 48.2 Å². The Morgan fingerprint density at radius 3 is 2.60 bits per heavy atom. The van der Waals surface area contributed by atoms with Crippen molar-refractivity contribution >= 4 is 5.91 Å². The molecule has 0 saturated carbocycles. The lowest BCUT2D eigenvalue weighted by Gasteiger charge is -2.34. The number of pyridine rings is 1. The average molecular weight is 406 g/mol. The molecule has 1 fully saturated rings. The van der Waals surface area contributed by atoms with Crippen molar-refractivity contribution in [1.82, 2.24) is 15.2 Å². The van der Waals surface area contributed by atoms with Crippen molar-refractivity contribution in [2.24, 2.45) is 5.92 Å². The van der Waals surface area contributed by atoms with E-state index in [-0.39, 0.29) is 12.0 Å². The van der Waals surface area contributed by atoms with Gasteiger partial charge in [-0.1, -0.05) is 18.2 Å². The fraction of sp³-hybridized carbons (Fsp3) is 0.440. The number of aromatic nitrogens is 1. The summed E-state index contributed by atoms with van der Waals surface area (Å²) in [6.07, 6.45) is 12.6. The Kier molecular flexibility index (Phi) is 7.14. The number of likely N-dealkylation sites (tertiary alicyclic amines) is 1. The number of rotatable bonds is 7. The Labute approximate surface area is 179 Å². The van der Waals surface area contributed by atoms with E-state index in [1.54, 1.807) is 6.20 Å². The van der Waals surface area contributed by atoms with E-state index in [9.17, 15) is 4.79 Å². The van der Waals surface area contributed by atoms with Gasteiger partial charge >= 0.3 is 0 Å². The fourth-order valence-corrected chi connectivity index (χ4v) is 4.25. The first-order valence-corrected chi connectivity index (χ1v) is 11.1. The summed E-state index contributed by atoms with van der Waals surface area (Å²) in [4.78, 5) is 19.1. The Morgan fingerprint density at radius 1 is 1.07 bits per heavy atom. The van der Waals surface area contributed by atoms with Gasteiger partial charge in [0.1, 0.15) is 11.9 Å². The average Bonchev–Trinajstić information content (AvgIpc) is 2.81. The van der Waals surface area contributed by atoms with Crippen LogP contribution in [0.5, 0.6) is 5.75 Å². The second kappa shape index (κ2) is 10.4. The summed E-state index contributed by atoms with van der Waals surface area (Å²) in [5, 5.41) is 2.90. The van der Waals surface area contributed by atoms with E-state index in [1.165, 1.54) is 25.8 Å². The summed E-state index contributed by atoms with van der Waals surface area (Å²) >= 11 is 0. The van der Waals surface area contributed by atoms with Crippen molar-refractivity contribution in [3.63, 3.8) is 0 Å². The van der Waals surface area contributed by atoms with Crippen molar-refractivity contribution in [2.75, 3.05) is 19.6 Å². The minimum atomic E-state index is -0.0990. The Bertz CT molecular complexity index is 827. The number of nitrogens with one attached hydrogen (secondary N) is 1. The first kappa shape index (κ1) is 20.6. The van der Waals surface area contributed by atoms with Crippen LogP contribution in [0.3, 0.4) is 0 Å². The van der Waals surface area contributed by atoms with Crippen molar-refractivity contribution in [1.29, 1.82) is 0 Å². The summed E-state index contributed by atoms with van der Waals surface area (Å²) in [6.45, 7) is 3.87. The van der Waals surface area contributed by atoms with Gasteiger partial charge in [-0.2, -0.15) is 0 Å². The van der Waals surface area contributed by atoms with E-state index < -0.39 is 0 Å². The zero-order valence-electron chi connectivity index (χ0n) is 17.5. The van der Waals surface area contributed by atoms with Crippen molar-refractivity contribution < 1.29 is 9.53 Å². The predicted octanol–water partition coefficient (Wildman–Crippen LogP) is 4.21. The molecule has 1 aromatic carbocycles. The minimum absolute atomic E-state index is 0.0990. The molecular formula is C25H31N3O2. The highest BCUT2D eigenvalue weighted by Crippen LogP contribution is 2.23. The molecule has 1 aromatic heterocycles. The Morgan fingerprint density at radius 2 is 1.90 bits per heavy atom. The third-order valence-electron chi connectivity index (χ3n) is 6.00. The molecule has 0 radical (unpaired) electrons. The Hall–Kier alpha value is -2.66. The molecule has 2 aromatic rings. The van der Waals surface area contributed by atoms with Gasteiger partial charge in [0.15, 0.2) is 0 Å². The van der Waals surface area contributed by atoms with E-state index in [2.05, 4.69) is 27.4 Å². The number of hydrogen-bond donors (Lipinski definition) is 1. The molecule has 1 N–H and O–H groups in total. The van der Waals surface area contributed by atoms with Crippen LogP contribution in [-0.4, -0.2) is 41.5 Å². The highest BCUT2D eigenvalue weighted by molar-refractivity contribution is 5.94. The van der Waals surface area contributed by atoms with E-state index in [0.29, 0.717) is 12.1 Å². The molecule has 1 aliphatic heterocycles. The van der Waals surface area contributed by atoms with Crippen molar-refractivity contribution in [3.05, 3.63) is 72.1 Å². The molecule has 0 spiro atoms. The maximum Gasteiger partial charge on any atom is 0.251 e. The van der Waals surface area contributed by atoms with Gasteiger partial charge < -0.3 is 15.0 Å². The summed E-state index contributed by atoms with van der Waals surface area (Å²) in [5.74, 6) is 1.56. The molecule has 2 heterocycles. The van der Waals surface area contributed by atoms with Crippen LogP contribution < -0.4 is 10.1 Å². The standard InChI is InChI=1S/C25H31N3O2/c29-25(27-18-22-8-4-5-15-26-22)21-9-11-23(12-10-21)30-24-13-16-28(17-14-24)19-20-6-2-1-3-7-20/h1-2,4-5,8-12,15,20,24H,3,6-7,13-14,16-19H2,(H,27,29). The second-order valence-electron chi connectivity index (χ2n) is 8.30. The Balaban J connectivity index is 1.20. The number of piperidine rings is 1. The fourth-order valence-electron chi connectivity index (χ4n) is 4.25. The van der Waals surface area contributed by atoms with E-state index in [1.807, 2.05) is 42.5 Å². The van der Waals surface area contributed by atoms with Crippen molar-refractivity contribution in [2.45, 2.75) is 44.8 Å². The monoisotopic (exact) mass is 405 g/mol. The molecule has 5 nitrogen and oxygen atoms in total. The molecule has 30 heavy (non-hydrogen) atoms. The topological polar surface area (TPSA) is 54.5 Å². The maximum absolute atomic E-state index is 12.3. The van der Waals surface area contributed by atoms with Gasteiger partial charge in [-0.3, -0.25) is 9.78 Å². The number of carbonyl (C=O) groups excluding carboxylic acids is 1. The molecule has 1 saturated heterocycles. The third-order valence-corrected chi connectivity index (χ3v) is 6.00. The van der Waals surface area contributed by atoms with Gasteiger partial charge in [0, 0.05) is 31.4 Å². The second-order valence-corrected chi connectivity index (χ2v) is 8.30. The summed E-state index contributed by atoms with van der Waals surface area (Å²) in [7, 11) is 0. The highest BCUT2D eigenvalue weighted by Gasteiger charge is 2.23. The van der Waals surface area contributed by atoms with Crippen LogP contribution in [0.4, 0.5) is 0 Å². The van der Waals surface area contributed by atoms with Gasteiger partial charge in [0.25, 0.3) is 5.91 Å². The number of nitrogens with zero attached hydrogens (tertiary/aromatic N) is 2. The number of amides is 1. The number of carbonyl (C=O) groups is 1. The SMILES string of the molecule is O=C(NCc1ccccn1)c1ccc(OC2CCN(CC3CC=CCC3)CC2)cc1. The van der Waals surface area contributed by atoms with Crippen LogP contribution in [0.25, 0.3) is 0 Å². The van der Waals surface area contributed by atoms with Crippen LogP contribution in [0.2, 0.25) is 0 Å². The van der Waals surface area contributed by atoms with E-state index in [4.69, 9.17) is 4.74 Å². The van der Waals surface area contributed by atoms with Crippen LogP contribution in [-0.2, 0) is 6.54 Å². The summed E-state index contributed by atoms with van der Waals surface area (Å²) in [6, 6.07) is 13.1. The first-order chi connectivity index (χ1) is 14.8. The molecule has 0 bridgehead atoms. The number of allylic oxidation sites excluding steroid dienone is 2. The number of hydrogen-bond acceptors (Lipinski definition) is 4. The quantitative estimate of drug-likeness (QED) is 0.701. The van der Waals surface area contributed by atoms with Crippen LogP contribution >= 0.6 is 0 Å². The van der Waals surface area contributed by atoms with E-state index >= 15 is 0 Å². The van der Waals surface area contributed by atoms with Crippen LogP contribution in [0.15, 0.2) is 60.8 Å². The van der Waals surface area contributed by atoms with Gasteiger partial charge in [0.05, 0.1) is 12.2 Å². The van der Waals surface area contributed by atoms with E-state index in [0.717, 1.165) is 43.3 Å². The molecule has 1 aliphatic carbocycles. The molecule has 1 unspecified atom stereocenters. The number of ether oxygens (including phenoxy) is 1. The third kappa shape index (κ3) is 5.92. The van der Waals surface area contributed by atoms with Crippen molar-refractivity contribution in [3.8, 4) is 5.75 Å². The zero-order chi connectivity index (χ0) is 20.6. The molecule has 5 heteroatoms. The van der Waals surface area contributed by atoms with Gasteiger partial charge in [-0.15, -0.1) is 0 Å². The summed E-state index contributed by atoms with van der Waals surface area (Å²) in [5.41, 5.74) is 1.48. The molecule has 158 valence electrons. The molecular weight excluding hydrogens is 374 g/mol. The molecule has 2 aliphatic rings. The smallest absolute Gasteiger partial charge is 0.251 e. The first-order valence-electron chi connectivity index (χ1n) is 11.1. The number of benzene rings is 1. The van der Waals surface area contributed by atoms with Gasteiger partial charge in [-0.05, 0) is 74.4 Å². The lowest BCUT2D eigenvalue weighted by Crippen LogP contribution is -2.40. The molecule has 1 amide bonds. The maximum atomic E-state index is 12.3.